The topological polar surface area (TPSA) is 59.8 Å². The highest BCUT2D eigenvalue weighted by Crippen LogP contribution is 2.34. The van der Waals surface area contributed by atoms with Crippen molar-refractivity contribution in [3.8, 4) is 0 Å². The molecule has 0 radical (unpaired) electrons. The highest BCUT2D eigenvalue weighted by atomic mass is 16.1. The van der Waals surface area contributed by atoms with Crippen LogP contribution >= 0.6 is 0 Å². The summed E-state index contributed by atoms with van der Waals surface area (Å²) in [7, 11) is 0. The van der Waals surface area contributed by atoms with Gasteiger partial charge in [-0.15, -0.1) is 5.10 Å². The van der Waals surface area contributed by atoms with Crippen LogP contribution in [0.1, 0.15) is 62.4 Å². The Bertz CT molecular complexity index is 661. The van der Waals surface area contributed by atoms with Crippen molar-refractivity contribution >= 4 is 11.6 Å². The van der Waals surface area contributed by atoms with Crippen LogP contribution in [0.15, 0.2) is 30.3 Å². The number of nitrogens with one attached hydrogen (secondary N) is 1. The van der Waals surface area contributed by atoms with Crippen molar-refractivity contribution in [3.05, 3.63) is 41.7 Å². The van der Waals surface area contributed by atoms with Gasteiger partial charge in [-0.1, -0.05) is 30.3 Å². The monoisotopic (exact) mass is 312 g/mol. The van der Waals surface area contributed by atoms with Gasteiger partial charge in [0, 0.05) is 18.0 Å². The normalized spacial score (nSPS) is 15.9. The molecule has 1 heterocycles. The minimum Gasteiger partial charge on any atom is -0.326 e. The summed E-state index contributed by atoms with van der Waals surface area (Å²) in [6.07, 6.45) is 4.97. The lowest BCUT2D eigenvalue weighted by molar-refractivity contribution is -0.116. The van der Waals surface area contributed by atoms with E-state index in [1.165, 1.54) is 19.3 Å². The van der Waals surface area contributed by atoms with E-state index in [1.807, 2.05) is 30.3 Å². The average molecular weight is 312 g/mol. The standard InChI is InChI=1S/C18H24N4O/c1-3-14(12-17(23)19-15-8-5-4-6-9-15)18-13(2)22(21-20-18)16-10-7-11-16/h4-6,8-9,14,16H,3,7,10-12H2,1-2H3,(H,19,23)/t14-/m0/s1. The highest BCUT2D eigenvalue weighted by molar-refractivity contribution is 5.91. The Balaban J connectivity index is 1.67. The third-order valence-corrected chi connectivity index (χ3v) is 4.75. The van der Waals surface area contributed by atoms with Crippen LogP contribution in [0.4, 0.5) is 5.69 Å². The molecule has 5 heteroatoms. The molecule has 1 saturated carbocycles. The Morgan fingerprint density at radius 1 is 1.35 bits per heavy atom. The van der Waals surface area contributed by atoms with Crippen LogP contribution in [0.25, 0.3) is 0 Å². The first-order chi connectivity index (χ1) is 11.2. The number of aromatic nitrogens is 3. The van der Waals surface area contributed by atoms with Crippen molar-refractivity contribution in [1.29, 1.82) is 0 Å². The molecule has 0 aliphatic heterocycles. The van der Waals surface area contributed by atoms with Gasteiger partial charge < -0.3 is 5.32 Å². The predicted molar refractivity (Wildman–Crippen MR) is 90.4 cm³/mol. The fraction of sp³-hybridized carbons (Fsp3) is 0.500. The van der Waals surface area contributed by atoms with Crippen LogP contribution in [0.3, 0.4) is 0 Å². The zero-order valence-electron chi connectivity index (χ0n) is 13.8. The van der Waals surface area contributed by atoms with Crippen molar-refractivity contribution in [3.63, 3.8) is 0 Å². The Kier molecular flexibility index (Phi) is 4.74. The lowest BCUT2D eigenvalue weighted by Crippen LogP contribution is -2.20. The summed E-state index contributed by atoms with van der Waals surface area (Å²) in [4.78, 5) is 12.3. The van der Waals surface area contributed by atoms with Crippen LogP contribution in [-0.2, 0) is 4.79 Å². The minimum atomic E-state index is 0.0284. The number of nitrogens with zero attached hydrogens (tertiary/aromatic N) is 3. The van der Waals surface area contributed by atoms with Gasteiger partial charge in [0.1, 0.15) is 0 Å². The molecule has 1 amide bonds. The third kappa shape index (κ3) is 3.44. The van der Waals surface area contributed by atoms with E-state index in [-0.39, 0.29) is 11.8 Å². The average Bonchev–Trinajstić information content (AvgIpc) is 2.86. The number of rotatable bonds is 6. The second-order valence-corrected chi connectivity index (χ2v) is 6.31. The Labute approximate surface area is 137 Å². The minimum absolute atomic E-state index is 0.0284. The molecule has 1 fully saturated rings. The summed E-state index contributed by atoms with van der Waals surface area (Å²) in [6, 6.07) is 10.1. The van der Waals surface area contributed by atoms with Crippen LogP contribution in [0.5, 0.6) is 0 Å². The van der Waals surface area contributed by atoms with E-state index in [4.69, 9.17) is 0 Å². The number of amides is 1. The second-order valence-electron chi connectivity index (χ2n) is 6.31. The maximum Gasteiger partial charge on any atom is 0.225 e. The molecule has 23 heavy (non-hydrogen) atoms. The molecule has 1 atom stereocenters. The summed E-state index contributed by atoms with van der Waals surface area (Å²) in [6.45, 7) is 4.17. The second kappa shape index (κ2) is 6.94. The van der Waals surface area contributed by atoms with Gasteiger partial charge in [0.25, 0.3) is 0 Å². The van der Waals surface area contributed by atoms with Crippen molar-refractivity contribution in [2.75, 3.05) is 5.32 Å². The van der Waals surface area contributed by atoms with Crippen LogP contribution in [0.2, 0.25) is 0 Å². The number of anilines is 1. The molecular formula is C18H24N4O. The molecule has 3 rings (SSSR count). The fourth-order valence-electron chi connectivity index (χ4n) is 3.10. The van der Waals surface area contributed by atoms with Gasteiger partial charge in [-0.3, -0.25) is 4.79 Å². The fourth-order valence-corrected chi connectivity index (χ4v) is 3.10. The number of carbonyl (C=O) groups excluding carboxylic acids is 1. The summed E-state index contributed by atoms with van der Waals surface area (Å²) in [5.74, 6) is 0.146. The Morgan fingerprint density at radius 3 is 2.70 bits per heavy atom. The summed E-state index contributed by atoms with van der Waals surface area (Å²) in [5, 5.41) is 11.7. The van der Waals surface area contributed by atoms with Gasteiger partial charge >= 0.3 is 0 Å². The van der Waals surface area contributed by atoms with E-state index in [1.54, 1.807) is 0 Å². The maximum absolute atomic E-state index is 12.3. The van der Waals surface area contributed by atoms with E-state index >= 15 is 0 Å². The van der Waals surface area contributed by atoms with Gasteiger partial charge in [0.15, 0.2) is 0 Å². The quantitative estimate of drug-likeness (QED) is 0.881. The molecule has 122 valence electrons. The molecule has 5 nitrogen and oxygen atoms in total. The molecule has 1 aromatic carbocycles. The zero-order chi connectivity index (χ0) is 16.2. The van der Waals surface area contributed by atoms with E-state index in [0.717, 1.165) is 23.5 Å². The van der Waals surface area contributed by atoms with Crippen molar-refractivity contribution in [2.24, 2.45) is 0 Å². The van der Waals surface area contributed by atoms with E-state index in [9.17, 15) is 4.79 Å². The van der Waals surface area contributed by atoms with Gasteiger partial charge in [0.2, 0.25) is 5.91 Å². The van der Waals surface area contributed by atoms with Crippen LogP contribution < -0.4 is 5.32 Å². The van der Waals surface area contributed by atoms with Gasteiger partial charge in [0.05, 0.1) is 17.4 Å². The first kappa shape index (κ1) is 15.7. The van der Waals surface area contributed by atoms with Crippen molar-refractivity contribution in [2.45, 2.75) is 57.9 Å². The van der Waals surface area contributed by atoms with Gasteiger partial charge in [-0.2, -0.15) is 0 Å². The maximum atomic E-state index is 12.3. The molecule has 1 aromatic heterocycles. The SMILES string of the molecule is CC[C@@H](CC(=O)Nc1ccccc1)c1nnn(C2CCC2)c1C. The molecule has 0 spiro atoms. The van der Waals surface area contributed by atoms with E-state index in [0.29, 0.717) is 12.5 Å². The molecule has 1 aliphatic carbocycles. The lowest BCUT2D eigenvalue weighted by Gasteiger charge is -2.26. The van der Waals surface area contributed by atoms with E-state index < -0.39 is 0 Å². The molecule has 0 bridgehead atoms. The number of carbonyl (C=O) groups is 1. The summed E-state index contributed by atoms with van der Waals surface area (Å²) >= 11 is 0. The molecule has 1 N–H and O–H groups in total. The van der Waals surface area contributed by atoms with Gasteiger partial charge in [-0.05, 0) is 44.7 Å². The van der Waals surface area contributed by atoms with Crippen molar-refractivity contribution < 1.29 is 4.79 Å². The van der Waals surface area contributed by atoms with Crippen molar-refractivity contribution in [1.82, 2.24) is 15.0 Å². The third-order valence-electron chi connectivity index (χ3n) is 4.75. The molecule has 0 unspecified atom stereocenters. The number of para-hydroxylation sites is 1. The number of hydrogen-bond donors (Lipinski definition) is 1. The first-order valence-electron chi connectivity index (χ1n) is 8.45. The Hall–Kier alpha value is -2.17. The summed E-state index contributed by atoms with van der Waals surface area (Å²) in [5.41, 5.74) is 2.93. The van der Waals surface area contributed by atoms with Crippen LogP contribution in [0, 0.1) is 6.92 Å². The largest absolute Gasteiger partial charge is 0.326 e. The number of hydrogen-bond acceptors (Lipinski definition) is 3. The summed E-state index contributed by atoms with van der Waals surface area (Å²) < 4.78 is 2.05. The Morgan fingerprint density at radius 2 is 2.09 bits per heavy atom. The first-order valence-corrected chi connectivity index (χ1v) is 8.45. The lowest BCUT2D eigenvalue weighted by atomic mass is 9.92. The highest BCUT2D eigenvalue weighted by Gasteiger charge is 2.26. The number of benzene rings is 1. The van der Waals surface area contributed by atoms with Gasteiger partial charge in [-0.25, -0.2) is 4.68 Å². The van der Waals surface area contributed by atoms with Crippen LogP contribution in [-0.4, -0.2) is 20.9 Å². The molecular weight excluding hydrogens is 288 g/mol. The molecule has 2 aromatic rings. The van der Waals surface area contributed by atoms with E-state index in [2.05, 4.69) is 34.2 Å². The molecule has 1 aliphatic rings. The molecule has 0 saturated heterocycles. The zero-order valence-corrected chi connectivity index (χ0v) is 13.8. The predicted octanol–water partition coefficient (Wildman–Crippen LogP) is 3.83. The smallest absolute Gasteiger partial charge is 0.225 e.